The number of hydrogen-bond acceptors (Lipinski definition) is 3. The predicted octanol–water partition coefficient (Wildman–Crippen LogP) is 1.37. The number of nitrogens with two attached hydrogens (primary N) is 1. The molecule has 0 saturated carbocycles. The normalized spacial score (nSPS) is 10.8. The Labute approximate surface area is 113 Å². The number of hydrogen-bond donors (Lipinski definition) is 1. The summed E-state index contributed by atoms with van der Waals surface area (Å²) in [4.78, 5) is 13.7. The van der Waals surface area contributed by atoms with Crippen LogP contribution in [0.25, 0.3) is 0 Å². The van der Waals surface area contributed by atoms with Gasteiger partial charge < -0.3 is 10.6 Å². The van der Waals surface area contributed by atoms with E-state index in [4.69, 9.17) is 11.0 Å². The summed E-state index contributed by atoms with van der Waals surface area (Å²) in [6.45, 7) is 2.16. The van der Waals surface area contributed by atoms with Crippen LogP contribution in [-0.2, 0) is 0 Å². The molecule has 1 aromatic carbocycles. The van der Waals surface area contributed by atoms with Crippen molar-refractivity contribution in [1.29, 1.82) is 5.26 Å². The van der Waals surface area contributed by atoms with Crippen molar-refractivity contribution >= 4 is 5.91 Å². The first kappa shape index (κ1) is 14.8. The molecule has 98 valence electrons. The molecule has 0 fully saturated rings. The van der Waals surface area contributed by atoms with Crippen LogP contribution in [0.15, 0.2) is 24.3 Å². The lowest BCUT2D eigenvalue weighted by Gasteiger charge is -2.22. The van der Waals surface area contributed by atoms with Gasteiger partial charge in [0.2, 0.25) is 0 Å². The number of carbonyl (C=O) groups excluding carboxylic acids is 1. The Morgan fingerprint density at radius 1 is 1.42 bits per heavy atom. The Morgan fingerprint density at radius 3 is 2.58 bits per heavy atom. The van der Waals surface area contributed by atoms with Crippen LogP contribution < -0.4 is 5.73 Å². The van der Waals surface area contributed by atoms with Crippen LogP contribution in [0.5, 0.6) is 0 Å². The smallest absolute Gasteiger partial charge is 0.253 e. The maximum Gasteiger partial charge on any atom is 0.253 e. The fourth-order valence-electron chi connectivity index (χ4n) is 1.52. The summed E-state index contributed by atoms with van der Waals surface area (Å²) >= 11 is 0. The van der Waals surface area contributed by atoms with Crippen molar-refractivity contribution in [2.75, 3.05) is 13.6 Å². The van der Waals surface area contributed by atoms with Gasteiger partial charge in [-0.25, -0.2) is 0 Å². The van der Waals surface area contributed by atoms with Gasteiger partial charge in [0.15, 0.2) is 0 Å². The highest BCUT2D eigenvalue weighted by atomic mass is 16.2. The van der Waals surface area contributed by atoms with E-state index in [-0.39, 0.29) is 11.9 Å². The van der Waals surface area contributed by atoms with Gasteiger partial charge >= 0.3 is 0 Å². The van der Waals surface area contributed by atoms with Crippen LogP contribution in [0.3, 0.4) is 0 Å². The van der Waals surface area contributed by atoms with Gasteiger partial charge in [-0.1, -0.05) is 11.8 Å². The van der Waals surface area contributed by atoms with Gasteiger partial charge in [0, 0.05) is 24.2 Å². The second kappa shape index (κ2) is 7.20. The van der Waals surface area contributed by atoms with E-state index >= 15 is 0 Å². The maximum absolute atomic E-state index is 12.1. The number of rotatable bonds is 3. The molecule has 1 atom stereocenters. The van der Waals surface area contributed by atoms with E-state index in [0.29, 0.717) is 18.5 Å². The minimum atomic E-state index is -0.103. The van der Waals surface area contributed by atoms with Gasteiger partial charge in [-0.15, -0.1) is 0 Å². The van der Waals surface area contributed by atoms with Crippen LogP contribution in [-0.4, -0.2) is 30.4 Å². The Bertz CT molecular complexity index is 531. The van der Waals surface area contributed by atoms with Gasteiger partial charge in [0.05, 0.1) is 19.0 Å². The van der Waals surface area contributed by atoms with Gasteiger partial charge in [0.25, 0.3) is 5.91 Å². The van der Waals surface area contributed by atoms with Gasteiger partial charge in [-0.05, 0) is 31.2 Å². The first-order valence-corrected chi connectivity index (χ1v) is 6.03. The van der Waals surface area contributed by atoms with E-state index in [1.165, 1.54) is 0 Å². The second-order valence-corrected chi connectivity index (χ2v) is 4.21. The fraction of sp³-hybridized carbons (Fsp3) is 0.333. The van der Waals surface area contributed by atoms with Crippen LogP contribution >= 0.6 is 0 Å². The summed E-state index contributed by atoms with van der Waals surface area (Å²) in [5, 5.41) is 8.64. The minimum absolute atomic E-state index is 0.0962. The molecule has 0 spiro atoms. The molecule has 1 unspecified atom stereocenters. The molecule has 19 heavy (non-hydrogen) atoms. The molecular weight excluding hydrogens is 238 g/mol. The standard InChI is InChI=1S/C15H17N3O/c1-12(9-11-17)18(2)15(19)14-7-5-13(6-8-14)4-3-10-16/h5-8,12H,9-10,16H2,1-2H3. The summed E-state index contributed by atoms with van der Waals surface area (Å²) < 4.78 is 0. The summed E-state index contributed by atoms with van der Waals surface area (Å²) in [5.74, 6) is 5.56. The molecule has 0 aliphatic rings. The zero-order valence-electron chi connectivity index (χ0n) is 11.2. The van der Waals surface area contributed by atoms with Crippen molar-refractivity contribution in [2.45, 2.75) is 19.4 Å². The highest BCUT2D eigenvalue weighted by Gasteiger charge is 2.16. The number of carbonyl (C=O) groups is 1. The SMILES string of the molecule is CC(CC#N)N(C)C(=O)c1ccc(C#CCN)cc1. The maximum atomic E-state index is 12.1. The fourth-order valence-corrected chi connectivity index (χ4v) is 1.52. The Hall–Kier alpha value is -2.30. The Kier molecular flexibility index (Phi) is 5.60. The van der Waals surface area contributed by atoms with Gasteiger partial charge in [-0.3, -0.25) is 4.79 Å². The lowest BCUT2D eigenvalue weighted by atomic mass is 10.1. The average Bonchev–Trinajstić information content (AvgIpc) is 2.44. The van der Waals surface area contributed by atoms with Gasteiger partial charge in [0.1, 0.15) is 0 Å². The third-order valence-electron chi connectivity index (χ3n) is 2.83. The number of amides is 1. The van der Waals surface area contributed by atoms with Crippen molar-refractivity contribution in [3.8, 4) is 17.9 Å². The molecule has 2 N–H and O–H groups in total. The predicted molar refractivity (Wildman–Crippen MR) is 74.2 cm³/mol. The zero-order chi connectivity index (χ0) is 14.3. The molecule has 1 aromatic rings. The quantitative estimate of drug-likeness (QED) is 0.829. The molecule has 0 aromatic heterocycles. The third-order valence-corrected chi connectivity index (χ3v) is 2.83. The molecule has 4 nitrogen and oxygen atoms in total. The van der Waals surface area contributed by atoms with Crippen molar-refractivity contribution in [1.82, 2.24) is 4.90 Å². The molecule has 0 aliphatic carbocycles. The lowest BCUT2D eigenvalue weighted by Crippen LogP contribution is -2.34. The van der Waals surface area contributed by atoms with Crippen LogP contribution in [0.4, 0.5) is 0 Å². The second-order valence-electron chi connectivity index (χ2n) is 4.21. The number of benzene rings is 1. The van der Waals surface area contributed by atoms with Crippen molar-refractivity contribution in [3.05, 3.63) is 35.4 Å². The topological polar surface area (TPSA) is 70.1 Å². The van der Waals surface area contributed by atoms with Crippen LogP contribution in [0.1, 0.15) is 29.3 Å². The molecule has 0 saturated heterocycles. The molecule has 0 radical (unpaired) electrons. The zero-order valence-corrected chi connectivity index (χ0v) is 11.2. The molecular formula is C15H17N3O. The van der Waals surface area contributed by atoms with Crippen LogP contribution in [0.2, 0.25) is 0 Å². The van der Waals surface area contributed by atoms with E-state index in [9.17, 15) is 4.79 Å². The number of nitriles is 1. The highest BCUT2D eigenvalue weighted by molar-refractivity contribution is 5.94. The Morgan fingerprint density at radius 2 is 2.05 bits per heavy atom. The lowest BCUT2D eigenvalue weighted by molar-refractivity contribution is 0.0746. The molecule has 4 heteroatoms. The first-order valence-electron chi connectivity index (χ1n) is 6.03. The Balaban J connectivity index is 2.81. The molecule has 0 bridgehead atoms. The average molecular weight is 255 g/mol. The molecule has 0 heterocycles. The molecule has 1 amide bonds. The largest absolute Gasteiger partial charge is 0.338 e. The number of nitrogens with zero attached hydrogens (tertiary/aromatic N) is 2. The van der Waals surface area contributed by atoms with Gasteiger partial charge in [-0.2, -0.15) is 5.26 Å². The van der Waals surface area contributed by atoms with Crippen molar-refractivity contribution < 1.29 is 4.79 Å². The van der Waals surface area contributed by atoms with E-state index in [1.807, 2.05) is 6.92 Å². The highest BCUT2D eigenvalue weighted by Crippen LogP contribution is 2.09. The third kappa shape index (κ3) is 4.13. The van der Waals surface area contributed by atoms with E-state index in [2.05, 4.69) is 17.9 Å². The monoisotopic (exact) mass is 255 g/mol. The summed E-state index contributed by atoms with van der Waals surface area (Å²) in [7, 11) is 1.70. The van der Waals surface area contributed by atoms with E-state index in [0.717, 1.165) is 5.56 Å². The molecule has 0 aliphatic heterocycles. The van der Waals surface area contributed by atoms with Crippen molar-refractivity contribution in [2.24, 2.45) is 5.73 Å². The summed E-state index contributed by atoms with van der Waals surface area (Å²) in [6, 6.07) is 9.01. The minimum Gasteiger partial charge on any atom is -0.338 e. The molecule has 1 rings (SSSR count). The van der Waals surface area contributed by atoms with E-state index < -0.39 is 0 Å². The first-order chi connectivity index (χ1) is 9.10. The van der Waals surface area contributed by atoms with Crippen molar-refractivity contribution in [3.63, 3.8) is 0 Å². The van der Waals surface area contributed by atoms with Crippen LogP contribution in [0, 0.1) is 23.2 Å². The van der Waals surface area contributed by atoms with E-state index in [1.54, 1.807) is 36.2 Å². The summed E-state index contributed by atoms with van der Waals surface area (Å²) in [5.41, 5.74) is 6.71. The summed E-state index contributed by atoms with van der Waals surface area (Å²) in [6.07, 6.45) is 0.322.